The molecule has 3 N–H and O–H groups in total. The number of hydrogen-bond acceptors (Lipinski definition) is 7. The van der Waals surface area contributed by atoms with Crippen molar-refractivity contribution in [2.45, 2.75) is 4.90 Å². The number of primary sulfonamides is 1. The highest BCUT2D eigenvalue weighted by atomic mass is 32.2. The van der Waals surface area contributed by atoms with Gasteiger partial charge in [0.05, 0.1) is 9.82 Å². The number of carbonyl (C=O) groups excluding carboxylic acids is 1. The molecule has 0 spiro atoms. The Hall–Kier alpha value is -3.02. The molecular weight excluding hydrogens is 398 g/mol. The van der Waals surface area contributed by atoms with E-state index in [-0.39, 0.29) is 16.5 Å². The first-order valence-corrected chi connectivity index (χ1v) is 10.4. The molecule has 0 atom stereocenters. The van der Waals surface area contributed by atoms with Crippen molar-refractivity contribution < 1.29 is 18.1 Å². The minimum absolute atomic E-state index is 0.0619. The SMILES string of the molecule is CN1CCN(C(=O)c2ccc(Nc3ccc(S(N)(=O)=O)cc3[N+](=O)[O-])cc2)CC1. The molecule has 10 nitrogen and oxygen atoms in total. The van der Waals surface area contributed by atoms with Crippen LogP contribution < -0.4 is 10.5 Å². The molecule has 11 heteroatoms. The third-order valence-corrected chi connectivity index (χ3v) is 5.61. The number of piperazine rings is 1. The van der Waals surface area contributed by atoms with Crippen LogP contribution in [0.4, 0.5) is 17.1 Å². The predicted molar refractivity (Wildman–Crippen MR) is 108 cm³/mol. The summed E-state index contributed by atoms with van der Waals surface area (Å²) in [5.41, 5.74) is 0.736. The summed E-state index contributed by atoms with van der Waals surface area (Å²) in [6.45, 7) is 2.98. The van der Waals surface area contributed by atoms with Crippen LogP contribution in [0.5, 0.6) is 0 Å². The van der Waals surface area contributed by atoms with Gasteiger partial charge in [0.15, 0.2) is 0 Å². The standard InChI is InChI=1S/C18H21N5O5S/c1-21-8-10-22(11-9-21)18(24)13-2-4-14(5-3-13)20-16-7-6-15(29(19,27)28)12-17(16)23(25)26/h2-7,12,20H,8-11H2,1H3,(H2,19,27,28). The normalized spacial score (nSPS) is 15.2. The highest BCUT2D eigenvalue weighted by molar-refractivity contribution is 7.89. The number of amides is 1. The first-order valence-electron chi connectivity index (χ1n) is 8.81. The van der Waals surface area contributed by atoms with E-state index in [1.165, 1.54) is 12.1 Å². The lowest BCUT2D eigenvalue weighted by Gasteiger charge is -2.32. The minimum Gasteiger partial charge on any atom is -0.350 e. The Morgan fingerprint density at radius 3 is 2.28 bits per heavy atom. The fourth-order valence-corrected chi connectivity index (χ4v) is 3.52. The lowest BCUT2D eigenvalue weighted by atomic mass is 10.1. The molecule has 1 heterocycles. The van der Waals surface area contributed by atoms with Crippen molar-refractivity contribution in [3.05, 3.63) is 58.1 Å². The van der Waals surface area contributed by atoms with E-state index in [0.29, 0.717) is 24.3 Å². The van der Waals surface area contributed by atoms with Gasteiger partial charge in [-0.1, -0.05) is 0 Å². The van der Waals surface area contributed by atoms with Crippen molar-refractivity contribution in [3.63, 3.8) is 0 Å². The van der Waals surface area contributed by atoms with Crippen LogP contribution in [0.15, 0.2) is 47.4 Å². The Morgan fingerprint density at radius 2 is 1.72 bits per heavy atom. The summed E-state index contributed by atoms with van der Waals surface area (Å²) >= 11 is 0. The molecule has 1 aliphatic rings. The molecule has 0 radical (unpaired) electrons. The summed E-state index contributed by atoms with van der Waals surface area (Å²) in [4.78, 5) is 26.8. The maximum atomic E-state index is 12.6. The first kappa shape index (κ1) is 20.7. The lowest BCUT2D eigenvalue weighted by Crippen LogP contribution is -2.47. The number of nitrogens with two attached hydrogens (primary N) is 1. The average molecular weight is 419 g/mol. The van der Waals surface area contributed by atoms with Gasteiger partial charge < -0.3 is 15.1 Å². The lowest BCUT2D eigenvalue weighted by molar-refractivity contribution is -0.384. The zero-order valence-corrected chi connectivity index (χ0v) is 16.6. The number of likely N-dealkylation sites (N-methyl/N-ethyl adjacent to an activating group) is 1. The smallest absolute Gasteiger partial charge is 0.294 e. The third-order valence-electron chi connectivity index (χ3n) is 4.70. The van der Waals surface area contributed by atoms with E-state index in [2.05, 4.69) is 10.2 Å². The number of sulfonamides is 1. The van der Waals surface area contributed by atoms with Gasteiger partial charge in [-0.05, 0) is 43.4 Å². The molecule has 1 fully saturated rings. The maximum Gasteiger partial charge on any atom is 0.294 e. The van der Waals surface area contributed by atoms with Gasteiger partial charge in [-0.2, -0.15) is 0 Å². The van der Waals surface area contributed by atoms with E-state index in [1.807, 2.05) is 7.05 Å². The van der Waals surface area contributed by atoms with Crippen molar-refractivity contribution in [2.75, 3.05) is 38.5 Å². The van der Waals surface area contributed by atoms with Gasteiger partial charge in [0.1, 0.15) is 5.69 Å². The molecular formula is C18H21N5O5S. The quantitative estimate of drug-likeness (QED) is 0.551. The molecule has 0 unspecified atom stereocenters. The minimum atomic E-state index is -4.06. The molecule has 154 valence electrons. The van der Waals surface area contributed by atoms with E-state index < -0.39 is 20.6 Å². The highest BCUT2D eigenvalue weighted by Crippen LogP contribution is 2.30. The maximum absolute atomic E-state index is 12.6. The Balaban J connectivity index is 1.77. The van der Waals surface area contributed by atoms with Crippen LogP contribution in [0.1, 0.15) is 10.4 Å². The number of nitrogens with one attached hydrogen (secondary N) is 1. The molecule has 2 aromatic carbocycles. The van der Waals surface area contributed by atoms with Crippen molar-refractivity contribution >= 4 is 33.0 Å². The first-order chi connectivity index (χ1) is 13.6. The second kappa shape index (κ2) is 8.15. The van der Waals surface area contributed by atoms with E-state index in [0.717, 1.165) is 19.2 Å². The summed E-state index contributed by atoms with van der Waals surface area (Å²) < 4.78 is 22.8. The molecule has 1 aliphatic heterocycles. The topological polar surface area (TPSA) is 139 Å². The number of hydrogen-bond donors (Lipinski definition) is 2. The third kappa shape index (κ3) is 4.88. The van der Waals surface area contributed by atoms with Crippen LogP contribution in [-0.4, -0.2) is 62.3 Å². The second-order valence-corrected chi connectivity index (χ2v) is 8.34. The van der Waals surface area contributed by atoms with E-state index in [9.17, 15) is 23.3 Å². The van der Waals surface area contributed by atoms with Gasteiger partial charge >= 0.3 is 0 Å². The summed E-state index contributed by atoms with van der Waals surface area (Å²) in [7, 11) is -2.04. The number of nitrogens with zero attached hydrogens (tertiary/aromatic N) is 3. The Bertz CT molecular complexity index is 1030. The number of carbonyl (C=O) groups is 1. The molecule has 0 bridgehead atoms. The molecule has 1 amide bonds. The summed E-state index contributed by atoms with van der Waals surface area (Å²) in [6, 6.07) is 9.95. The van der Waals surface area contributed by atoms with Crippen LogP contribution >= 0.6 is 0 Å². The number of rotatable bonds is 5. The summed E-state index contributed by atoms with van der Waals surface area (Å²) in [5, 5.41) is 19.2. The van der Waals surface area contributed by atoms with Crippen LogP contribution in [0.2, 0.25) is 0 Å². The monoisotopic (exact) mass is 419 g/mol. The van der Waals surface area contributed by atoms with E-state index in [1.54, 1.807) is 29.2 Å². The molecule has 1 saturated heterocycles. The Labute approximate surface area is 168 Å². The average Bonchev–Trinajstić information content (AvgIpc) is 2.68. The van der Waals surface area contributed by atoms with Crippen molar-refractivity contribution in [1.29, 1.82) is 0 Å². The van der Waals surface area contributed by atoms with Gasteiger partial charge in [-0.15, -0.1) is 0 Å². The zero-order valence-electron chi connectivity index (χ0n) is 15.7. The fourth-order valence-electron chi connectivity index (χ4n) is 2.99. The molecule has 0 aromatic heterocycles. The van der Waals surface area contributed by atoms with Gasteiger partial charge in [0.2, 0.25) is 10.0 Å². The van der Waals surface area contributed by atoms with Gasteiger partial charge in [-0.3, -0.25) is 14.9 Å². The van der Waals surface area contributed by atoms with Crippen molar-refractivity contribution in [2.24, 2.45) is 5.14 Å². The van der Waals surface area contributed by atoms with Gasteiger partial charge in [0.25, 0.3) is 11.6 Å². The summed E-state index contributed by atoms with van der Waals surface area (Å²) in [6.07, 6.45) is 0. The number of nitro groups is 1. The van der Waals surface area contributed by atoms with Gasteiger partial charge in [0, 0.05) is 43.5 Å². The van der Waals surface area contributed by atoms with Gasteiger partial charge in [-0.25, -0.2) is 13.6 Å². The summed E-state index contributed by atoms with van der Waals surface area (Å²) in [5.74, 6) is -0.0619. The van der Waals surface area contributed by atoms with E-state index in [4.69, 9.17) is 5.14 Å². The highest BCUT2D eigenvalue weighted by Gasteiger charge is 2.21. The molecule has 0 saturated carbocycles. The fraction of sp³-hybridized carbons (Fsp3) is 0.278. The van der Waals surface area contributed by atoms with Crippen molar-refractivity contribution in [1.82, 2.24) is 9.80 Å². The Morgan fingerprint density at radius 1 is 1.10 bits per heavy atom. The molecule has 3 rings (SSSR count). The van der Waals surface area contributed by atoms with Crippen molar-refractivity contribution in [3.8, 4) is 0 Å². The molecule has 0 aliphatic carbocycles. The van der Waals surface area contributed by atoms with Crippen LogP contribution in [0.25, 0.3) is 0 Å². The molecule has 2 aromatic rings. The predicted octanol–water partition coefficient (Wildman–Crippen LogP) is 1.37. The van der Waals surface area contributed by atoms with Crippen LogP contribution in [0.3, 0.4) is 0 Å². The number of nitro benzene ring substituents is 1. The molecule has 29 heavy (non-hydrogen) atoms. The largest absolute Gasteiger partial charge is 0.350 e. The zero-order chi connectivity index (χ0) is 21.2. The second-order valence-electron chi connectivity index (χ2n) is 6.78. The van der Waals surface area contributed by atoms with E-state index >= 15 is 0 Å². The Kier molecular flexibility index (Phi) is 5.82. The van der Waals surface area contributed by atoms with Crippen LogP contribution in [-0.2, 0) is 10.0 Å². The number of benzene rings is 2. The number of anilines is 2. The van der Waals surface area contributed by atoms with Crippen LogP contribution in [0, 0.1) is 10.1 Å².